The van der Waals surface area contributed by atoms with Crippen LogP contribution in [0.5, 0.6) is 0 Å². The molecular formula is C12H17B3N3O4P. The minimum atomic E-state index is -3.35. The van der Waals surface area contributed by atoms with Gasteiger partial charge in [-0.05, 0) is 37.1 Å². The Labute approximate surface area is 139 Å². The molecule has 1 rings (SSSR count). The Hall–Kier alpha value is -1.08. The van der Waals surface area contributed by atoms with E-state index in [-0.39, 0.29) is 23.8 Å². The van der Waals surface area contributed by atoms with Crippen LogP contribution in [-0.2, 0) is 9.09 Å². The highest BCUT2D eigenvalue weighted by atomic mass is 31.2. The normalized spacial score (nSPS) is 12.9. The number of hydrogen-bond acceptors (Lipinski definition) is 4. The number of nitrogens with one attached hydrogen (secondary N) is 2. The van der Waals surface area contributed by atoms with Crippen LogP contribution in [0, 0.1) is 10.1 Å². The third-order valence-corrected chi connectivity index (χ3v) is 4.85. The predicted octanol–water partition coefficient (Wildman–Crippen LogP) is 0.927. The molecule has 1 aromatic carbocycles. The standard InChI is InChI=1S/C12H17B3N3O4P/c1-9(10-2-3-12(18(19)20)11(15)8-10)22-23(21,16-6-4-13)17-7-5-14/h2-3,8-9H,4-7H2,1H3,(H2,16,17,21). The molecule has 0 saturated heterocycles. The van der Waals surface area contributed by atoms with Crippen LogP contribution in [0.15, 0.2) is 18.2 Å². The molecule has 0 fully saturated rings. The summed E-state index contributed by atoms with van der Waals surface area (Å²) in [6, 6.07) is 4.23. The lowest BCUT2D eigenvalue weighted by molar-refractivity contribution is -0.383. The van der Waals surface area contributed by atoms with Crippen LogP contribution in [0.2, 0.25) is 12.6 Å². The highest BCUT2D eigenvalue weighted by Gasteiger charge is 2.25. The number of nitrogens with zero attached hydrogens (tertiary/aromatic N) is 1. The van der Waals surface area contributed by atoms with Crippen molar-refractivity contribution in [2.45, 2.75) is 25.7 Å². The van der Waals surface area contributed by atoms with E-state index in [9.17, 15) is 14.7 Å². The van der Waals surface area contributed by atoms with Crippen molar-refractivity contribution in [3.05, 3.63) is 33.9 Å². The SMILES string of the molecule is [B]CCNP(=O)(NCC[B])OC(C)c1ccc([N+](=O)[O-])c([B])c1. The summed E-state index contributed by atoms with van der Waals surface area (Å²) < 4.78 is 18.3. The van der Waals surface area contributed by atoms with Crippen LogP contribution < -0.4 is 15.6 Å². The molecule has 0 aromatic heterocycles. The first kappa shape index (κ1) is 20.0. The maximum Gasteiger partial charge on any atom is 0.341 e. The van der Waals surface area contributed by atoms with E-state index in [1.807, 2.05) is 0 Å². The maximum absolute atomic E-state index is 12.7. The third kappa shape index (κ3) is 6.14. The van der Waals surface area contributed by atoms with E-state index < -0.39 is 18.7 Å². The van der Waals surface area contributed by atoms with Crippen molar-refractivity contribution in [1.29, 1.82) is 0 Å². The van der Waals surface area contributed by atoms with Crippen molar-refractivity contribution < 1.29 is 14.0 Å². The molecule has 1 unspecified atom stereocenters. The minimum Gasteiger partial charge on any atom is -0.298 e. The van der Waals surface area contributed by atoms with Gasteiger partial charge in [0.05, 0.1) is 26.7 Å². The molecule has 6 radical (unpaired) electrons. The molecule has 0 aliphatic heterocycles. The van der Waals surface area contributed by atoms with Gasteiger partial charge in [0.15, 0.2) is 0 Å². The maximum atomic E-state index is 12.7. The van der Waals surface area contributed by atoms with Gasteiger partial charge in [0, 0.05) is 6.07 Å². The summed E-state index contributed by atoms with van der Waals surface area (Å²) >= 11 is 0. The monoisotopic (exact) mass is 331 g/mol. The first-order valence-electron chi connectivity index (χ1n) is 7.05. The summed E-state index contributed by atoms with van der Waals surface area (Å²) in [5.41, 5.74) is 0.395. The zero-order valence-electron chi connectivity index (χ0n) is 12.9. The Balaban J connectivity index is 2.89. The minimum absolute atomic E-state index is 0.0163. The molecule has 118 valence electrons. The summed E-state index contributed by atoms with van der Waals surface area (Å²) in [6.45, 7) is 2.26. The molecule has 1 aromatic rings. The van der Waals surface area contributed by atoms with Crippen molar-refractivity contribution in [3.8, 4) is 0 Å². The number of nitro groups is 1. The fourth-order valence-electron chi connectivity index (χ4n) is 1.83. The first-order chi connectivity index (χ1) is 10.8. The van der Waals surface area contributed by atoms with Crippen molar-refractivity contribution in [2.75, 3.05) is 13.1 Å². The van der Waals surface area contributed by atoms with Gasteiger partial charge >= 0.3 is 7.67 Å². The average Bonchev–Trinajstić information content (AvgIpc) is 2.50. The molecule has 0 amide bonds. The molecule has 23 heavy (non-hydrogen) atoms. The largest absolute Gasteiger partial charge is 0.341 e. The van der Waals surface area contributed by atoms with E-state index in [0.717, 1.165) is 0 Å². The predicted molar refractivity (Wildman–Crippen MR) is 92.7 cm³/mol. The second kappa shape index (κ2) is 9.28. The molecule has 0 bridgehead atoms. The summed E-state index contributed by atoms with van der Waals surface area (Å²) in [4.78, 5) is 10.2. The van der Waals surface area contributed by atoms with Crippen molar-refractivity contribution in [1.82, 2.24) is 10.2 Å². The molecule has 7 nitrogen and oxygen atoms in total. The topological polar surface area (TPSA) is 93.5 Å². The van der Waals surface area contributed by atoms with Gasteiger partial charge in [0.2, 0.25) is 0 Å². The third-order valence-electron chi connectivity index (χ3n) is 2.95. The van der Waals surface area contributed by atoms with Gasteiger partial charge in [-0.15, -0.1) is 0 Å². The van der Waals surface area contributed by atoms with Crippen LogP contribution in [0.3, 0.4) is 0 Å². The molecule has 0 aliphatic carbocycles. The number of hydrogen-bond donors (Lipinski definition) is 2. The van der Waals surface area contributed by atoms with Gasteiger partial charge in [-0.1, -0.05) is 18.7 Å². The Morgan fingerprint density at radius 2 is 1.87 bits per heavy atom. The van der Waals surface area contributed by atoms with E-state index in [1.165, 1.54) is 18.2 Å². The first-order valence-corrected chi connectivity index (χ1v) is 8.68. The lowest BCUT2D eigenvalue weighted by atomic mass is 9.91. The zero-order chi connectivity index (χ0) is 17.5. The van der Waals surface area contributed by atoms with Crippen molar-refractivity contribution in [2.24, 2.45) is 0 Å². The Morgan fingerprint density at radius 3 is 2.30 bits per heavy atom. The molecule has 1 atom stereocenters. The molecule has 0 heterocycles. The van der Waals surface area contributed by atoms with Gasteiger partial charge in [0.1, 0.15) is 7.85 Å². The fraction of sp³-hybridized carbons (Fsp3) is 0.500. The number of rotatable bonds is 10. The number of benzene rings is 1. The van der Waals surface area contributed by atoms with Crippen LogP contribution >= 0.6 is 7.67 Å². The highest BCUT2D eigenvalue weighted by Crippen LogP contribution is 2.42. The van der Waals surface area contributed by atoms with Crippen LogP contribution in [-0.4, -0.2) is 41.6 Å². The van der Waals surface area contributed by atoms with Gasteiger partial charge < -0.3 is 0 Å². The van der Waals surface area contributed by atoms with Gasteiger partial charge in [-0.2, -0.15) is 0 Å². The van der Waals surface area contributed by atoms with Crippen molar-refractivity contribution in [3.63, 3.8) is 0 Å². The van der Waals surface area contributed by atoms with E-state index in [0.29, 0.717) is 18.7 Å². The second-order valence-electron chi connectivity index (χ2n) is 4.77. The molecule has 11 heteroatoms. The molecular weight excluding hydrogens is 314 g/mol. The average molecular weight is 331 g/mol. The smallest absolute Gasteiger partial charge is 0.298 e. The molecule has 0 aliphatic rings. The second-order valence-corrected chi connectivity index (χ2v) is 6.71. The van der Waals surface area contributed by atoms with E-state index in [1.54, 1.807) is 6.92 Å². The van der Waals surface area contributed by atoms with Gasteiger partial charge in [0.25, 0.3) is 5.69 Å². The van der Waals surface area contributed by atoms with E-state index in [2.05, 4.69) is 10.2 Å². The fourth-order valence-corrected chi connectivity index (χ4v) is 3.50. The van der Waals surface area contributed by atoms with E-state index >= 15 is 0 Å². The Bertz CT molecular complexity index is 579. The van der Waals surface area contributed by atoms with Crippen LogP contribution in [0.4, 0.5) is 5.69 Å². The lowest BCUT2D eigenvalue weighted by Gasteiger charge is -2.24. The van der Waals surface area contributed by atoms with Crippen LogP contribution in [0.25, 0.3) is 0 Å². The molecule has 0 spiro atoms. The highest BCUT2D eigenvalue weighted by molar-refractivity contribution is 7.54. The summed E-state index contributed by atoms with van der Waals surface area (Å²) in [7, 11) is 13.1. The summed E-state index contributed by atoms with van der Waals surface area (Å²) in [5, 5.41) is 16.2. The Morgan fingerprint density at radius 1 is 1.30 bits per heavy atom. The molecule has 0 saturated carbocycles. The van der Waals surface area contributed by atoms with Gasteiger partial charge in [-0.3, -0.25) is 19.2 Å². The zero-order valence-corrected chi connectivity index (χ0v) is 13.8. The molecule has 2 N–H and O–H groups in total. The Kier molecular flexibility index (Phi) is 8.05. The number of nitro benzene ring substituents is 1. The van der Waals surface area contributed by atoms with Gasteiger partial charge in [-0.25, -0.2) is 10.2 Å². The van der Waals surface area contributed by atoms with E-state index in [4.69, 9.17) is 28.1 Å². The lowest BCUT2D eigenvalue weighted by Crippen LogP contribution is -2.26. The van der Waals surface area contributed by atoms with Crippen LogP contribution in [0.1, 0.15) is 18.6 Å². The summed E-state index contributed by atoms with van der Waals surface area (Å²) in [6.07, 6.45) is -0.0352. The van der Waals surface area contributed by atoms with Crippen molar-refractivity contribution >= 4 is 42.4 Å². The summed E-state index contributed by atoms with van der Waals surface area (Å²) in [5.74, 6) is 0. The quantitative estimate of drug-likeness (QED) is 0.287.